The van der Waals surface area contributed by atoms with E-state index < -0.39 is 11.7 Å². The average Bonchev–Trinajstić information content (AvgIpc) is 3.13. The van der Waals surface area contributed by atoms with Crippen LogP contribution in [-0.4, -0.2) is 40.2 Å². The Kier molecular flexibility index (Phi) is 6.51. The second-order valence-corrected chi connectivity index (χ2v) is 7.71. The van der Waals surface area contributed by atoms with E-state index in [4.69, 9.17) is 4.74 Å². The lowest BCUT2D eigenvalue weighted by atomic mass is 10.2. The van der Waals surface area contributed by atoms with Crippen LogP contribution >= 0.6 is 0 Å². The average molecular weight is 406 g/mol. The van der Waals surface area contributed by atoms with Gasteiger partial charge in [0.1, 0.15) is 11.9 Å². The molecule has 0 saturated carbocycles. The number of aromatic nitrogens is 2. The van der Waals surface area contributed by atoms with Crippen molar-refractivity contribution in [3.63, 3.8) is 0 Å². The molecule has 1 heterocycles. The van der Waals surface area contributed by atoms with Gasteiger partial charge < -0.3 is 15.4 Å². The standard InChI is InChI=1S/C23H26N4O3/c1-23(2,3)30-22(29)25-15-7-6-14-24-21(28)17-10-12-18(13-11-17)27-16-26-19-8-4-5-9-20(19)27/h4-13,16H,14-15H2,1-3H3,(H,24,28)(H,25,29). The van der Waals surface area contributed by atoms with Crippen LogP contribution in [0.15, 0.2) is 67.0 Å². The summed E-state index contributed by atoms with van der Waals surface area (Å²) in [5, 5.41) is 5.44. The molecule has 1 aromatic heterocycles. The number of nitrogens with one attached hydrogen (secondary N) is 2. The Balaban J connectivity index is 1.48. The second kappa shape index (κ2) is 9.26. The number of carbonyl (C=O) groups excluding carboxylic acids is 2. The largest absolute Gasteiger partial charge is 0.444 e. The predicted molar refractivity (Wildman–Crippen MR) is 117 cm³/mol. The number of rotatable bonds is 6. The molecule has 0 fully saturated rings. The molecule has 2 N–H and O–H groups in total. The van der Waals surface area contributed by atoms with Crippen molar-refractivity contribution in [1.82, 2.24) is 20.2 Å². The first-order valence-corrected chi connectivity index (χ1v) is 9.76. The molecule has 7 nitrogen and oxygen atoms in total. The van der Waals surface area contributed by atoms with E-state index in [1.54, 1.807) is 30.6 Å². The number of para-hydroxylation sites is 2. The lowest BCUT2D eigenvalue weighted by Crippen LogP contribution is -2.32. The van der Waals surface area contributed by atoms with E-state index in [0.29, 0.717) is 18.7 Å². The molecule has 0 unspecified atom stereocenters. The molecule has 0 saturated heterocycles. The van der Waals surface area contributed by atoms with Crippen LogP contribution in [0, 0.1) is 0 Å². The van der Waals surface area contributed by atoms with E-state index >= 15 is 0 Å². The summed E-state index contributed by atoms with van der Waals surface area (Å²) < 4.78 is 7.12. The van der Waals surface area contributed by atoms with Gasteiger partial charge in [-0.05, 0) is 57.2 Å². The minimum absolute atomic E-state index is 0.165. The van der Waals surface area contributed by atoms with Gasteiger partial charge in [-0.25, -0.2) is 9.78 Å². The van der Waals surface area contributed by atoms with Crippen molar-refractivity contribution in [2.45, 2.75) is 26.4 Å². The normalized spacial score (nSPS) is 11.6. The quantitative estimate of drug-likeness (QED) is 0.609. The Morgan fingerprint density at radius 2 is 1.67 bits per heavy atom. The molecule has 0 aliphatic rings. The lowest BCUT2D eigenvalue weighted by molar-refractivity contribution is 0.0533. The molecule has 0 aliphatic carbocycles. The second-order valence-electron chi connectivity index (χ2n) is 7.71. The maximum atomic E-state index is 12.3. The van der Waals surface area contributed by atoms with E-state index in [0.717, 1.165) is 16.7 Å². The van der Waals surface area contributed by atoms with Gasteiger partial charge in [-0.3, -0.25) is 9.36 Å². The molecular formula is C23H26N4O3. The molecule has 30 heavy (non-hydrogen) atoms. The summed E-state index contributed by atoms with van der Waals surface area (Å²) in [7, 11) is 0. The van der Waals surface area contributed by atoms with Crippen LogP contribution in [0.5, 0.6) is 0 Å². The number of hydrogen-bond acceptors (Lipinski definition) is 4. The Labute approximate surface area is 175 Å². The molecular weight excluding hydrogens is 380 g/mol. The van der Waals surface area contributed by atoms with Gasteiger partial charge in [0, 0.05) is 24.3 Å². The summed E-state index contributed by atoms with van der Waals surface area (Å²) in [6.45, 7) is 6.12. The van der Waals surface area contributed by atoms with E-state index in [1.807, 2.05) is 61.7 Å². The van der Waals surface area contributed by atoms with Crippen molar-refractivity contribution >= 4 is 23.0 Å². The Hall–Kier alpha value is -3.61. The molecule has 2 aromatic carbocycles. The molecule has 156 valence electrons. The molecule has 0 spiro atoms. The third-order valence-electron chi connectivity index (χ3n) is 4.17. The first-order chi connectivity index (χ1) is 14.3. The highest BCUT2D eigenvalue weighted by atomic mass is 16.6. The van der Waals surface area contributed by atoms with Gasteiger partial charge in [-0.2, -0.15) is 0 Å². The molecule has 0 aliphatic heterocycles. The zero-order valence-corrected chi connectivity index (χ0v) is 17.4. The van der Waals surface area contributed by atoms with Crippen molar-refractivity contribution in [2.24, 2.45) is 0 Å². The smallest absolute Gasteiger partial charge is 0.407 e. The SMILES string of the molecule is CC(C)(C)OC(=O)NCC=CCNC(=O)c1ccc(-n2cnc3ccccc32)cc1. The zero-order chi connectivity index (χ0) is 21.6. The third-order valence-corrected chi connectivity index (χ3v) is 4.17. The molecule has 7 heteroatoms. The molecule has 3 rings (SSSR count). The molecule has 0 atom stereocenters. The van der Waals surface area contributed by atoms with Crippen LogP contribution in [0.1, 0.15) is 31.1 Å². The zero-order valence-electron chi connectivity index (χ0n) is 17.4. The first-order valence-electron chi connectivity index (χ1n) is 9.76. The van der Waals surface area contributed by atoms with Crippen LogP contribution in [0.2, 0.25) is 0 Å². The van der Waals surface area contributed by atoms with E-state index in [1.165, 1.54) is 0 Å². The van der Waals surface area contributed by atoms with Gasteiger partial charge >= 0.3 is 6.09 Å². The summed E-state index contributed by atoms with van der Waals surface area (Å²) in [4.78, 5) is 28.2. The Morgan fingerprint density at radius 1 is 1.00 bits per heavy atom. The number of nitrogens with zero attached hydrogens (tertiary/aromatic N) is 2. The summed E-state index contributed by atoms with van der Waals surface area (Å²) in [6, 6.07) is 15.2. The third kappa shape index (κ3) is 5.70. The number of carbonyl (C=O) groups is 2. The van der Waals surface area contributed by atoms with Gasteiger partial charge in [-0.1, -0.05) is 24.3 Å². The van der Waals surface area contributed by atoms with E-state index in [9.17, 15) is 9.59 Å². The highest BCUT2D eigenvalue weighted by molar-refractivity contribution is 5.94. The van der Waals surface area contributed by atoms with Gasteiger partial charge in [0.2, 0.25) is 0 Å². The van der Waals surface area contributed by atoms with Crippen molar-refractivity contribution in [1.29, 1.82) is 0 Å². The van der Waals surface area contributed by atoms with Gasteiger partial charge in [0.25, 0.3) is 5.91 Å². The summed E-state index contributed by atoms with van der Waals surface area (Å²) in [5.74, 6) is -0.165. The summed E-state index contributed by atoms with van der Waals surface area (Å²) >= 11 is 0. The van der Waals surface area contributed by atoms with Crippen molar-refractivity contribution < 1.29 is 14.3 Å². The lowest BCUT2D eigenvalue weighted by Gasteiger charge is -2.19. The summed E-state index contributed by atoms with van der Waals surface area (Å²) in [6.07, 6.45) is 4.84. The number of fused-ring (bicyclic) bond motifs is 1. The highest BCUT2D eigenvalue weighted by Crippen LogP contribution is 2.18. The Morgan fingerprint density at radius 3 is 2.37 bits per heavy atom. The fourth-order valence-electron chi connectivity index (χ4n) is 2.82. The number of imidazole rings is 1. The number of ether oxygens (including phenoxy) is 1. The minimum Gasteiger partial charge on any atom is -0.444 e. The van der Waals surface area contributed by atoms with Crippen LogP contribution in [0.25, 0.3) is 16.7 Å². The maximum absolute atomic E-state index is 12.3. The number of hydrogen-bond donors (Lipinski definition) is 2. The highest BCUT2D eigenvalue weighted by Gasteiger charge is 2.15. The van der Waals surface area contributed by atoms with E-state index in [2.05, 4.69) is 15.6 Å². The number of amides is 2. The number of benzene rings is 2. The van der Waals surface area contributed by atoms with Crippen molar-refractivity contribution in [3.05, 3.63) is 72.6 Å². The van der Waals surface area contributed by atoms with Crippen LogP contribution in [-0.2, 0) is 4.74 Å². The van der Waals surface area contributed by atoms with Crippen molar-refractivity contribution in [3.8, 4) is 5.69 Å². The topological polar surface area (TPSA) is 85.3 Å². The Bertz CT molecular complexity index is 1050. The van der Waals surface area contributed by atoms with Crippen LogP contribution in [0.3, 0.4) is 0 Å². The van der Waals surface area contributed by atoms with Crippen LogP contribution < -0.4 is 10.6 Å². The fourth-order valence-corrected chi connectivity index (χ4v) is 2.82. The van der Waals surface area contributed by atoms with Gasteiger partial charge in [-0.15, -0.1) is 0 Å². The maximum Gasteiger partial charge on any atom is 0.407 e. The number of alkyl carbamates (subject to hydrolysis) is 1. The first kappa shape index (κ1) is 21.1. The molecule has 3 aromatic rings. The molecule has 0 radical (unpaired) electrons. The van der Waals surface area contributed by atoms with E-state index in [-0.39, 0.29) is 5.91 Å². The van der Waals surface area contributed by atoms with Gasteiger partial charge in [0.15, 0.2) is 0 Å². The van der Waals surface area contributed by atoms with Crippen molar-refractivity contribution in [2.75, 3.05) is 13.1 Å². The molecule has 2 amide bonds. The van der Waals surface area contributed by atoms with Crippen LogP contribution in [0.4, 0.5) is 4.79 Å². The predicted octanol–water partition coefficient (Wildman–Crippen LogP) is 3.84. The summed E-state index contributed by atoms with van der Waals surface area (Å²) in [5.41, 5.74) is 2.92. The minimum atomic E-state index is -0.526. The fraction of sp³-hybridized carbons (Fsp3) is 0.261. The molecule has 0 bridgehead atoms. The van der Waals surface area contributed by atoms with Gasteiger partial charge in [0.05, 0.1) is 11.0 Å². The monoisotopic (exact) mass is 406 g/mol.